The number of rotatable bonds is 7. The molecular weight excluding hydrogens is 244 g/mol. The molecule has 0 fully saturated rings. The zero-order valence-electron chi connectivity index (χ0n) is 9.90. The van der Waals surface area contributed by atoms with Gasteiger partial charge in [0, 0.05) is 24.2 Å². The van der Waals surface area contributed by atoms with E-state index in [1.54, 1.807) is 12.1 Å². The van der Waals surface area contributed by atoms with Gasteiger partial charge in [0.25, 0.3) is 0 Å². The Morgan fingerprint density at radius 3 is 2.83 bits per heavy atom. The number of carboxylic acid groups (broad SMARTS) is 1. The predicted octanol–water partition coefficient (Wildman–Crippen LogP) is 2.95. The lowest BCUT2D eigenvalue weighted by Gasteiger charge is -2.15. The van der Waals surface area contributed by atoms with Gasteiger partial charge in [-0.05, 0) is 25.5 Å². The molecule has 1 aromatic carbocycles. The third-order valence-electron chi connectivity index (χ3n) is 2.26. The van der Waals surface area contributed by atoms with E-state index in [1.165, 1.54) is 12.1 Å². The van der Waals surface area contributed by atoms with E-state index in [4.69, 9.17) is 5.11 Å². The fraction of sp³-hybridized carbons (Fsp3) is 0.417. The number of benzene rings is 1. The molecule has 4 nitrogen and oxygen atoms in total. The fourth-order valence-electron chi connectivity index (χ4n) is 1.46. The molecule has 6 heteroatoms. The molecule has 0 aliphatic carbocycles. The Bertz CT molecular complexity index is 399. The maximum atomic E-state index is 12.0. The lowest BCUT2D eigenvalue weighted by Crippen LogP contribution is -2.16. The highest BCUT2D eigenvalue weighted by Crippen LogP contribution is 2.20. The van der Waals surface area contributed by atoms with Crippen LogP contribution in [0.25, 0.3) is 0 Å². The topological polar surface area (TPSA) is 58.6 Å². The van der Waals surface area contributed by atoms with E-state index in [9.17, 15) is 13.6 Å². The van der Waals surface area contributed by atoms with E-state index in [2.05, 4.69) is 10.1 Å². The number of anilines is 1. The van der Waals surface area contributed by atoms with Crippen molar-refractivity contribution in [3.05, 3.63) is 24.3 Å². The first-order chi connectivity index (χ1) is 8.47. The molecule has 0 aromatic heterocycles. The van der Waals surface area contributed by atoms with Gasteiger partial charge in [-0.15, -0.1) is 0 Å². The van der Waals surface area contributed by atoms with Crippen LogP contribution in [0.4, 0.5) is 14.5 Å². The summed E-state index contributed by atoms with van der Waals surface area (Å²) in [5.74, 6) is -0.793. The minimum Gasteiger partial charge on any atom is -0.481 e. The van der Waals surface area contributed by atoms with E-state index >= 15 is 0 Å². The summed E-state index contributed by atoms with van der Waals surface area (Å²) in [6.07, 6.45) is 0.511. The number of ether oxygens (including phenoxy) is 1. The quantitative estimate of drug-likeness (QED) is 0.790. The van der Waals surface area contributed by atoms with Crippen molar-refractivity contribution in [3.63, 3.8) is 0 Å². The average molecular weight is 259 g/mol. The normalized spacial score (nSPS) is 12.2. The second-order valence-electron chi connectivity index (χ2n) is 3.88. The Hall–Kier alpha value is -1.85. The minimum absolute atomic E-state index is 0.0569. The van der Waals surface area contributed by atoms with Crippen LogP contribution in [-0.2, 0) is 4.79 Å². The molecule has 0 amide bonds. The Labute approximate surface area is 104 Å². The number of carbonyl (C=O) groups is 1. The SMILES string of the molecule is CC(CCC(=O)O)Nc1cccc(OC(F)F)c1. The molecule has 0 radical (unpaired) electrons. The molecule has 0 aliphatic heterocycles. The van der Waals surface area contributed by atoms with Crippen LogP contribution < -0.4 is 10.1 Å². The first-order valence-corrected chi connectivity index (χ1v) is 5.50. The van der Waals surface area contributed by atoms with Crippen molar-refractivity contribution in [2.24, 2.45) is 0 Å². The molecule has 0 heterocycles. The molecule has 0 saturated carbocycles. The van der Waals surface area contributed by atoms with Gasteiger partial charge < -0.3 is 15.2 Å². The molecule has 0 bridgehead atoms. The van der Waals surface area contributed by atoms with Crippen LogP contribution in [0, 0.1) is 0 Å². The average Bonchev–Trinajstić information content (AvgIpc) is 2.26. The molecule has 0 spiro atoms. The summed E-state index contributed by atoms with van der Waals surface area (Å²) < 4.78 is 28.3. The highest BCUT2D eigenvalue weighted by Gasteiger charge is 2.07. The number of aliphatic carboxylic acids is 1. The van der Waals surface area contributed by atoms with Crippen molar-refractivity contribution < 1.29 is 23.4 Å². The summed E-state index contributed by atoms with van der Waals surface area (Å²) in [6.45, 7) is -1.03. The third kappa shape index (κ3) is 5.47. The van der Waals surface area contributed by atoms with E-state index in [-0.39, 0.29) is 18.2 Å². The summed E-state index contributed by atoms with van der Waals surface area (Å²) in [7, 11) is 0. The summed E-state index contributed by atoms with van der Waals surface area (Å²) >= 11 is 0. The van der Waals surface area contributed by atoms with Crippen molar-refractivity contribution in [1.82, 2.24) is 0 Å². The summed E-state index contributed by atoms with van der Waals surface area (Å²) in [4.78, 5) is 10.4. The molecule has 18 heavy (non-hydrogen) atoms. The molecule has 1 atom stereocenters. The van der Waals surface area contributed by atoms with E-state index in [0.29, 0.717) is 12.1 Å². The van der Waals surface area contributed by atoms with Crippen LogP contribution in [-0.4, -0.2) is 23.7 Å². The molecule has 1 unspecified atom stereocenters. The monoisotopic (exact) mass is 259 g/mol. The van der Waals surface area contributed by atoms with E-state index in [0.717, 1.165) is 0 Å². The molecule has 1 aromatic rings. The first kappa shape index (κ1) is 14.2. The smallest absolute Gasteiger partial charge is 0.387 e. The lowest BCUT2D eigenvalue weighted by molar-refractivity contribution is -0.137. The summed E-state index contributed by atoms with van der Waals surface area (Å²) in [6, 6.07) is 6.10. The van der Waals surface area contributed by atoms with Crippen LogP contribution in [0.15, 0.2) is 24.3 Å². The molecule has 0 saturated heterocycles. The van der Waals surface area contributed by atoms with Crippen molar-refractivity contribution in [1.29, 1.82) is 0 Å². The Balaban J connectivity index is 2.53. The third-order valence-corrected chi connectivity index (χ3v) is 2.26. The van der Waals surface area contributed by atoms with E-state index in [1.807, 2.05) is 6.92 Å². The summed E-state index contributed by atoms with van der Waals surface area (Å²) in [5, 5.41) is 11.6. The second kappa shape index (κ2) is 6.78. The van der Waals surface area contributed by atoms with Gasteiger partial charge in [-0.25, -0.2) is 0 Å². The van der Waals surface area contributed by atoms with Crippen molar-refractivity contribution >= 4 is 11.7 Å². The van der Waals surface area contributed by atoms with Crippen LogP contribution in [0.1, 0.15) is 19.8 Å². The molecule has 100 valence electrons. The minimum atomic E-state index is -2.86. The lowest BCUT2D eigenvalue weighted by atomic mass is 10.1. The molecule has 2 N–H and O–H groups in total. The Kier molecular flexibility index (Phi) is 5.35. The fourth-order valence-corrected chi connectivity index (χ4v) is 1.46. The van der Waals surface area contributed by atoms with Crippen LogP contribution in [0.5, 0.6) is 5.75 Å². The second-order valence-corrected chi connectivity index (χ2v) is 3.88. The van der Waals surface area contributed by atoms with Gasteiger partial charge in [0.1, 0.15) is 5.75 Å². The maximum absolute atomic E-state index is 12.0. The van der Waals surface area contributed by atoms with Crippen molar-refractivity contribution in [2.45, 2.75) is 32.4 Å². The number of hydrogen-bond acceptors (Lipinski definition) is 3. The molecular formula is C12H15F2NO3. The van der Waals surface area contributed by atoms with Gasteiger partial charge >= 0.3 is 12.6 Å². The standard InChI is InChI=1S/C12H15F2NO3/c1-8(5-6-11(16)17)15-9-3-2-4-10(7-9)18-12(13)14/h2-4,7-8,12,15H,5-6H2,1H3,(H,16,17). The van der Waals surface area contributed by atoms with E-state index < -0.39 is 12.6 Å². The number of halogens is 2. The van der Waals surface area contributed by atoms with Crippen LogP contribution >= 0.6 is 0 Å². The first-order valence-electron chi connectivity index (χ1n) is 5.50. The van der Waals surface area contributed by atoms with Crippen LogP contribution in [0.2, 0.25) is 0 Å². The molecule has 0 aliphatic rings. The summed E-state index contributed by atoms with van der Waals surface area (Å²) in [5.41, 5.74) is 0.617. The zero-order chi connectivity index (χ0) is 13.5. The molecule has 1 rings (SSSR count). The number of nitrogens with one attached hydrogen (secondary N) is 1. The van der Waals surface area contributed by atoms with Gasteiger partial charge in [0.15, 0.2) is 0 Å². The predicted molar refractivity (Wildman–Crippen MR) is 63.0 cm³/mol. The Morgan fingerprint density at radius 1 is 1.50 bits per heavy atom. The van der Waals surface area contributed by atoms with Gasteiger partial charge in [0.05, 0.1) is 0 Å². The number of alkyl halides is 2. The van der Waals surface area contributed by atoms with Crippen molar-refractivity contribution in [2.75, 3.05) is 5.32 Å². The largest absolute Gasteiger partial charge is 0.481 e. The van der Waals surface area contributed by atoms with Gasteiger partial charge in [0.2, 0.25) is 0 Å². The van der Waals surface area contributed by atoms with Gasteiger partial charge in [-0.2, -0.15) is 8.78 Å². The zero-order valence-corrected chi connectivity index (χ0v) is 9.90. The Morgan fingerprint density at radius 2 is 2.22 bits per heavy atom. The number of hydrogen-bond donors (Lipinski definition) is 2. The van der Waals surface area contributed by atoms with Crippen molar-refractivity contribution in [3.8, 4) is 5.75 Å². The highest BCUT2D eigenvalue weighted by molar-refractivity contribution is 5.66. The highest BCUT2D eigenvalue weighted by atomic mass is 19.3. The van der Waals surface area contributed by atoms with Gasteiger partial charge in [-0.1, -0.05) is 6.07 Å². The van der Waals surface area contributed by atoms with Crippen LogP contribution in [0.3, 0.4) is 0 Å². The maximum Gasteiger partial charge on any atom is 0.387 e. The van der Waals surface area contributed by atoms with Gasteiger partial charge in [-0.3, -0.25) is 4.79 Å². The number of carboxylic acids is 1.